The number of thioether (sulfide) groups is 1. The van der Waals surface area contributed by atoms with Gasteiger partial charge in [-0.1, -0.05) is 59.3 Å². The van der Waals surface area contributed by atoms with E-state index in [0.29, 0.717) is 21.5 Å². The average molecular weight is 551 g/mol. The Bertz CT molecular complexity index is 1460. The summed E-state index contributed by atoms with van der Waals surface area (Å²) in [5, 5.41) is 14.3. The summed E-state index contributed by atoms with van der Waals surface area (Å²) in [6, 6.07) is 13.9. The Balaban J connectivity index is 1.43. The predicted octanol–water partition coefficient (Wildman–Crippen LogP) is 6.13. The second-order valence-electron chi connectivity index (χ2n) is 8.98. The van der Waals surface area contributed by atoms with Crippen LogP contribution in [0.4, 0.5) is 5.00 Å². The van der Waals surface area contributed by atoms with E-state index in [9.17, 15) is 9.59 Å². The van der Waals surface area contributed by atoms with Crippen LogP contribution < -0.4 is 10.1 Å². The maximum Gasteiger partial charge on any atom is 0.341 e. The summed E-state index contributed by atoms with van der Waals surface area (Å²) in [5.74, 6) is 0.780. The van der Waals surface area contributed by atoms with Gasteiger partial charge in [-0.05, 0) is 44.9 Å². The minimum absolute atomic E-state index is 0.0939. The Hall–Kier alpha value is -3.63. The minimum Gasteiger partial charge on any atom is -0.482 e. The van der Waals surface area contributed by atoms with Crippen molar-refractivity contribution in [3.63, 3.8) is 0 Å². The summed E-state index contributed by atoms with van der Waals surface area (Å²) < 4.78 is 13.0. The van der Waals surface area contributed by atoms with Crippen molar-refractivity contribution in [2.75, 3.05) is 18.2 Å². The number of nitrogens with zero attached hydrogens (tertiary/aromatic N) is 3. The zero-order chi connectivity index (χ0) is 27.4. The molecule has 1 unspecified atom stereocenters. The van der Waals surface area contributed by atoms with Gasteiger partial charge in [-0.25, -0.2) is 4.79 Å². The second kappa shape index (κ2) is 11.8. The Morgan fingerprint density at radius 1 is 1.08 bits per heavy atom. The number of rotatable bonds is 9. The molecule has 10 heteroatoms. The maximum absolute atomic E-state index is 12.8. The third-order valence-corrected chi connectivity index (χ3v) is 7.91. The van der Waals surface area contributed by atoms with Gasteiger partial charge in [-0.15, -0.1) is 21.5 Å². The number of aryl methyl sites for hydroxylation is 3. The molecular weight excluding hydrogens is 520 g/mol. The van der Waals surface area contributed by atoms with E-state index in [1.54, 1.807) is 0 Å². The summed E-state index contributed by atoms with van der Waals surface area (Å²) in [6.45, 7) is 7.97. The largest absolute Gasteiger partial charge is 0.482 e. The molecule has 0 saturated carbocycles. The number of amides is 1. The zero-order valence-corrected chi connectivity index (χ0v) is 23.8. The molecule has 0 radical (unpaired) electrons. The zero-order valence-electron chi connectivity index (χ0n) is 22.2. The molecule has 0 saturated heterocycles. The molecule has 4 aromatic rings. The average Bonchev–Trinajstić information content (AvgIpc) is 3.47. The van der Waals surface area contributed by atoms with Crippen LogP contribution in [0.15, 0.2) is 53.0 Å². The van der Waals surface area contributed by atoms with Crippen molar-refractivity contribution in [1.29, 1.82) is 0 Å². The molecule has 0 aliphatic rings. The van der Waals surface area contributed by atoms with Gasteiger partial charge in [0.1, 0.15) is 16.3 Å². The van der Waals surface area contributed by atoms with Gasteiger partial charge in [-0.2, -0.15) is 0 Å². The van der Waals surface area contributed by atoms with Crippen LogP contribution in [0, 0.1) is 20.8 Å². The van der Waals surface area contributed by atoms with E-state index in [1.807, 2.05) is 81.1 Å². The van der Waals surface area contributed by atoms with Crippen LogP contribution >= 0.6 is 23.1 Å². The number of carbonyl (C=O) groups excluding carboxylic acids is 2. The lowest BCUT2D eigenvalue weighted by Gasteiger charge is -2.16. The van der Waals surface area contributed by atoms with Crippen LogP contribution in [0.3, 0.4) is 0 Å². The standard InChI is InChI=1S/C28H30N4O4S2/c1-16-7-10-20(11-8-16)21-14-37-26(24(21)27(34)35-6)29-23(33)15-38-28-31-30-25(32(28)5)19(4)36-22-12-9-17(2)13-18(22)3/h7-14,19H,15H2,1-6H3,(H,29,33). The molecule has 2 heterocycles. The maximum atomic E-state index is 12.8. The number of methoxy groups -OCH3 is 1. The van der Waals surface area contributed by atoms with Crippen molar-refractivity contribution in [3.8, 4) is 16.9 Å². The van der Waals surface area contributed by atoms with Crippen LogP contribution in [-0.4, -0.2) is 39.5 Å². The Morgan fingerprint density at radius 2 is 1.79 bits per heavy atom. The summed E-state index contributed by atoms with van der Waals surface area (Å²) >= 11 is 2.55. The molecule has 198 valence electrons. The van der Waals surface area contributed by atoms with Gasteiger partial charge in [0.2, 0.25) is 5.91 Å². The van der Waals surface area contributed by atoms with Crippen molar-refractivity contribution < 1.29 is 19.1 Å². The molecule has 0 fully saturated rings. The molecule has 0 aliphatic heterocycles. The van der Waals surface area contributed by atoms with E-state index in [0.717, 1.165) is 28.0 Å². The van der Waals surface area contributed by atoms with Gasteiger partial charge in [0.25, 0.3) is 0 Å². The van der Waals surface area contributed by atoms with E-state index in [1.165, 1.54) is 35.8 Å². The highest BCUT2D eigenvalue weighted by Gasteiger charge is 2.23. The first-order valence-corrected chi connectivity index (χ1v) is 13.9. The van der Waals surface area contributed by atoms with E-state index < -0.39 is 5.97 Å². The minimum atomic E-state index is -0.500. The topological polar surface area (TPSA) is 95.3 Å². The van der Waals surface area contributed by atoms with E-state index in [-0.39, 0.29) is 17.8 Å². The molecule has 2 aromatic carbocycles. The molecule has 0 spiro atoms. The van der Waals surface area contributed by atoms with Crippen LogP contribution in [0.2, 0.25) is 0 Å². The lowest BCUT2D eigenvalue weighted by atomic mass is 10.0. The smallest absolute Gasteiger partial charge is 0.341 e. The summed E-state index contributed by atoms with van der Waals surface area (Å²) in [7, 11) is 3.18. The van der Waals surface area contributed by atoms with Crippen LogP contribution in [0.25, 0.3) is 11.1 Å². The van der Waals surface area contributed by atoms with E-state index in [2.05, 4.69) is 21.6 Å². The fourth-order valence-corrected chi connectivity index (χ4v) is 5.67. The highest BCUT2D eigenvalue weighted by atomic mass is 32.2. The molecule has 0 bridgehead atoms. The molecule has 8 nitrogen and oxygen atoms in total. The number of hydrogen-bond acceptors (Lipinski definition) is 8. The second-order valence-corrected chi connectivity index (χ2v) is 10.8. The molecule has 2 aromatic heterocycles. The number of thiophene rings is 1. The summed E-state index contributed by atoms with van der Waals surface area (Å²) in [4.78, 5) is 25.4. The number of carbonyl (C=O) groups is 2. The summed E-state index contributed by atoms with van der Waals surface area (Å²) in [5.41, 5.74) is 5.29. The summed E-state index contributed by atoms with van der Waals surface area (Å²) in [6.07, 6.45) is -0.328. The van der Waals surface area contributed by atoms with Crippen molar-refractivity contribution in [1.82, 2.24) is 14.8 Å². The lowest BCUT2D eigenvalue weighted by molar-refractivity contribution is -0.113. The highest BCUT2D eigenvalue weighted by molar-refractivity contribution is 7.99. The van der Waals surface area contributed by atoms with Gasteiger partial charge in [0.05, 0.1) is 12.9 Å². The number of benzene rings is 2. The van der Waals surface area contributed by atoms with E-state index >= 15 is 0 Å². The molecule has 0 aliphatic carbocycles. The van der Waals surface area contributed by atoms with Gasteiger partial charge in [0, 0.05) is 18.0 Å². The first-order chi connectivity index (χ1) is 18.2. The van der Waals surface area contributed by atoms with Gasteiger partial charge in [-0.3, -0.25) is 4.79 Å². The Labute approximate surface area is 230 Å². The first-order valence-electron chi connectivity index (χ1n) is 12.0. The van der Waals surface area contributed by atoms with Crippen LogP contribution in [-0.2, 0) is 16.6 Å². The van der Waals surface area contributed by atoms with E-state index in [4.69, 9.17) is 9.47 Å². The quantitative estimate of drug-likeness (QED) is 0.198. The predicted molar refractivity (Wildman–Crippen MR) is 151 cm³/mol. The van der Waals surface area contributed by atoms with Gasteiger partial charge < -0.3 is 19.4 Å². The number of hydrogen-bond donors (Lipinski definition) is 1. The number of anilines is 1. The monoisotopic (exact) mass is 550 g/mol. The third kappa shape index (κ3) is 6.08. The Kier molecular flexibility index (Phi) is 8.53. The first kappa shape index (κ1) is 27.4. The SMILES string of the molecule is COC(=O)c1c(-c2ccc(C)cc2)csc1NC(=O)CSc1nnc(C(C)Oc2ccc(C)cc2C)n1C. The van der Waals surface area contributed by atoms with Crippen molar-refractivity contribution in [2.45, 2.75) is 39.0 Å². The highest BCUT2D eigenvalue weighted by Crippen LogP contribution is 2.36. The number of ether oxygens (including phenoxy) is 2. The van der Waals surface area contributed by atoms with Crippen LogP contribution in [0.5, 0.6) is 5.75 Å². The lowest BCUT2D eigenvalue weighted by Crippen LogP contribution is -2.16. The molecule has 38 heavy (non-hydrogen) atoms. The number of nitrogens with one attached hydrogen (secondary N) is 1. The fraction of sp³-hybridized carbons (Fsp3) is 0.286. The fourth-order valence-electron chi connectivity index (χ4n) is 3.97. The molecular formula is C28H30N4O4S2. The van der Waals surface area contributed by atoms with Gasteiger partial charge >= 0.3 is 5.97 Å². The van der Waals surface area contributed by atoms with Gasteiger partial charge in [0.15, 0.2) is 17.1 Å². The number of aromatic nitrogens is 3. The number of esters is 1. The molecule has 4 rings (SSSR count). The molecule has 1 atom stereocenters. The molecule has 1 amide bonds. The van der Waals surface area contributed by atoms with Crippen LogP contribution in [0.1, 0.15) is 45.9 Å². The normalized spacial score (nSPS) is 11.7. The van der Waals surface area contributed by atoms with Crippen molar-refractivity contribution in [3.05, 3.63) is 75.9 Å². The van der Waals surface area contributed by atoms with Crippen molar-refractivity contribution >= 4 is 40.0 Å². The van der Waals surface area contributed by atoms with Crippen molar-refractivity contribution in [2.24, 2.45) is 7.05 Å². The molecule has 1 N–H and O–H groups in total. The third-order valence-electron chi connectivity index (χ3n) is 5.99. The Morgan fingerprint density at radius 3 is 2.47 bits per heavy atom.